The summed E-state index contributed by atoms with van der Waals surface area (Å²) in [6.07, 6.45) is 1.51. The van der Waals surface area contributed by atoms with Crippen molar-refractivity contribution < 1.29 is 14.6 Å². The number of anilines is 1. The summed E-state index contributed by atoms with van der Waals surface area (Å²) in [5.41, 5.74) is 12.4. The topological polar surface area (TPSA) is 93.1 Å². The maximum absolute atomic E-state index is 12.1. The summed E-state index contributed by atoms with van der Waals surface area (Å²) in [5.74, 6) is 0. The zero-order chi connectivity index (χ0) is 19.1. The van der Waals surface area contributed by atoms with Gasteiger partial charge in [0.15, 0.2) is 0 Å². The third kappa shape index (κ3) is 2.75. The Hall–Kier alpha value is -2.90. The number of carbonyl (C=O) groups is 1. The number of ether oxygens (including phenoxy) is 1. The molecule has 140 valence electrons. The summed E-state index contributed by atoms with van der Waals surface area (Å²) in [7, 11) is 0. The molecule has 3 N–H and O–H groups in total. The number of nitrogens with zero attached hydrogens (tertiary/aromatic N) is 3. The molecule has 0 aliphatic carbocycles. The lowest BCUT2D eigenvalue weighted by molar-refractivity contribution is 0.181. The second-order valence-corrected chi connectivity index (χ2v) is 6.71. The Labute approximate surface area is 157 Å². The van der Waals surface area contributed by atoms with Crippen molar-refractivity contribution in [3.63, 3.8) is 0 Å². The Kier molecular flexibility index (Phi) is 4.33. The van der Waals surface area contributed by atoms with Gasteiger partial charge >= 0.3 is 6.09 Å². The predicted molar refractivity (Wildman–Crippen MR) is 102 cm³/mol. The summed E-state index contributed by atoms with van der Waals surface area (Å²) in [5, 5.41) is 9.66. The Bertz CT molecular complexity index is 1030. The minimum Gasteiger partial charge on any atom is -0.447 e. The second kappa shape index (κ2) is 6.68. The van der Waals surface area contributed by atoms with Crippen LogP contribution in [0.2, 0.25) is 0 Å². The molecule has 27 heavy (non-hydrogen) atoms. The number of rotatable bonds is 4. The van der Waals surface area contributed by atoms with Gasteiger partial charge in [-0.3, -0.25) is 4.90 Å². The van der Waals surface area contributed by atoms with Gasteiger partial charge in [-0.2, -0.15) is 0 Å². The highest BCUT2D eigenvalue weighted by atomic mass is 16.6. The van der Waals surface area contributed by atoms with E-state index in [9.17, 15) is 9.90 Å². The second-order valence-electron chi connectivity index (χ2n) is 6.71. The smallest absolute Gasteiger partial charge is 0.414 e. The monoisotopic (exact) mass is 366 g/mol. The molecule has 3 aromatic rings. The predicted octanol–water partition coefficient (Wildman–Crippen LogP) is 2.45. The summed E-state index contributed by atoms with van der Waals surface area (Å²) >= 11 is 0. The number of carbonyl (C=O) groups excluding carboxylic acids is 1. The van der Waals surface area contributed by atoms with Gasteiger partial charge in [0.2, 0.25) is 0 Å². The third-order valence-electron chi connectivity index (χ3n) is 5.13. The van der Waals surface area contributed by atoms with Crippen molar-refractivity contribution in [2.75, 3.05) is 18.1 Å². The first-order valence-electron chi connectivity index (χ1n) is 8.89. The molecule has 1 aliphatic heterocycles. The van der Waals surface area contributed by atoms with Gasteiger partial charge in [-0.05, 0) is 31.5 Å². The molecular formula is C20H22N4O3. The summed E-state index contributed by atoms with van der Waals surface area (Å²) in [4.78, 5) is 18.4. The number of benzene rings is 1. The van der Waals surface area contributed by atoms with Gasteiger partial charge in [0.1, 0.15) is 12.3 Å². The van der Waals surface area contributed by atoms with E-state index in [1.807, 2.05) is 54.8 Å². The molecule has 3 heterocycles. The molecule has 1 saturated heterocycles. The van der Waals surface area contributed by atoms with Crippen molar-refractivity contribution in [2.24, 2.45) is 5.73 Å². The maximum Gasteiger partial charge on any atom is 0.414 e. The van der Waals surface area contributed by atoms with Crippen LogP contribution in [0.4, 0.5) is 10.5 Å². The minimum atomic E-state index is -0.480. The molecule has 1 atom stereocenters. The van der Waals surface area contributed by atoms with Crippen molar-refractivity contribution >= 4 is 17.4 Å². The zero-order valence-electron chi connectivity index (χ0n) is 15.3. The molecule has 0 saturated carbocycles. The third-order valence-corrected chi connectivity index (χ3v) is 5.13. The Morgan fingerprint density at radius 2 is 2.11 bits per heavy atom. The van der Waals surface area contributed by atoms with Crippen LogP contribution in [0.15, 0.2) is 36.5 Å². The molecular weight excluding hydrogens is 344 g/mol. The standard InChI is InChI=1S/C20H22N4O3/c1-12-5-3-7-15(24-9-10-27-20(24)26)17(12)18(21)14-6-4-8-23-16(11-25)13(2)22-19(14)23/h3-8,18,25H,9-11,21H2,1-2H3. The Morgan fingerprint density at radius 1 is 1.30 bits per heavy atom. The van der Waals surface area contributed by atoms with Crippen molar-refractivity contribution in [3.05, 3.63) is 64.6 Å². The summed E-state index contributed by atoms with van der Waals surface area (Å²) in [6.45, 7) is 4.63. The number of aryl methyl sites for hydroxylation is 2. The number of aromatic nitrogens is 2. The number of aliphatic hydroxyl groups is 1. The maximum atomic E-state index is 12.1. The number of fused-ring (bicyclic) bond motifs is 1. The van der Waals surface area contributed by atoms with Crippen molar-refractivity contribution in [1.29, 1.82) is 0 Å². The lowest BCUT2D eigenvalue weighted by Crippen LogP contribution is -2.27. The average Bonchev–Trinajstić information content (AvgIpc) is 3.22. The molecule has 1 aliphatic rings. The number of cyclic esters (lactones) is 1. The van der Waals surface area contributed by atoms with E-state index in [-0.39, 0.29) is 12.7 Å². The fourth-order valence-electron chi connectivity index (χ4n) is 3.76. The fraction of sp³-hybridized carbons (Fsp3) is 0.300. The molecule has 0 bridgehead atoms. The summed E-state index contributed by atoms with van der Waals surface area (Å²) in [6, 6.07) is 9.14. The highest BCUT2D eigenvalue weighted by molar-refractivity contribution is 5.91. The quantitative estimate of drug-likeness (QED) is 0.740. The van der Waals surface area contributed by atoms with E-state index in [0.29, 0.717) is 18.8 Å². The van der Waals surface area contributed by atoms with Crippen LogP contribution in [0.5, 0.6) is 0 Å². The molecule has 1 fully saturated rings. The van der Waals surface area contributed by atoms with Crippen LogP contribution in [0, 0.1) is 13.8 Å². The van der Waals surface area contributed by atoms with E-state index in [2.05, 4.69) is 4.98 Å². The average molecular weight is 366 g/mol. The van der Waals surface area contributed by atoms with Gasteiger partial charge in [0, 0.05) is 17.3 Å². The first-order valence-corrected chi connectivity index (χ1v) is 8.89. The van der Waals surface area contributed by atoms with E-state index in [1.54, 1.807) is 4.90 Å². The highest BCUT2D eigenvalue weighted by Crippen LogP contribution is 2.35. The van der Waals surface area contributed by atoms with Crippen molar-refractivity contribution in [3.8, 4) is 0 Å². The molecule has 0 spiro atoms. The van der Waals surface area contributed by atoms with Crippen LogP contribution in [-0.2, 0) is 11.3 Å². The van der Waals surface area contributed by atoms with Crippen LogP contribution in [0.3, 0.4) is 0 Å². The molecule has 0 radical (unpaired) electrons. The molecule has 7 heteroatoms. The minimum absolute atomic E-state index is 0.0963. The lowest BCUT2D eigenvalue weighted by Gasteiger charge is -2.24. The van der Waals surface area contributed by atoms with Crippen LogP contribution >= 0.6 is 0 Å². The van der Waals surface area contributed by atoms with E-state index in [4.69, 9.17) is 10.5 Å². The number of hydrogen-bond donors (Lipinski definition) is 2. The van der Waals surface area contributed by atoms with Gasteiger partial charge in [-0.25, -0.2) is 9.78 Å². The normalized spacial score (nSPS) is 15.4. The Morgan fingerprint density at radius 3 is 2.81 bits per heavy atom. The zero-order valence-corrected chi connectivity index (χ0v) is 15.3. The SMILES string of the molecule is Cc1cccc(N2CCOC2=O)c1C(N)c1cccn2c(CO)c(C)nc12. The van der Waals surface area contributed by atoms with Crippen LogP contribution in [-0.4, -0.2) is 33.7 Å². The molecule has 1 amide bonds. The van der Waals surface area contributed by atoms with Crippen molar-refractivity contribution in [1.82, 2.24) is 9.38 Å². The number of hydrogen-bond acceptors (Lipinski definition) is 5. The van der Waals surface area contributed by atoms with Gasteiger partial charge in [-0.1, -0.05) is 18.2 Å². The fourth-order valence-corrected chi connectivity index (χ4v) is 3.76. The van der Waals surface area contributed by atoms with Crippen LogP contribution < -0.4 is 10.6 Å². The first-order chi connectivity index (χ1) is 13.0. The lowest BCUT2D eigenvalue weighted by atomic mass is 9.94. The highest BCUT2D eigenvalue weighted by Gasteiger charge is 2.29. The number of aliphatic hydroxyl groups excluding tert-OH is 1. The van der Waals surface area contributed by atoms with Gasteiger partial charge in [0.25, 0.3) is 0 Å². The number of amides is 1. The van der Waals surface area contributed by atoms with Crippen LogP contribution in [0.25, 0.3) is 5.65 Å². The summed E-state index contributed by atoms with van der Waals surface area (Å²) < 4.78 is 6.97. The number of nitrogens with two attached hydrogens (primary N) is 1. The van der Waals surface area contributed by atoms with Crippen LogP contribution in [0.1, 0.15) is 34.1 Å². The Balaban J connectivity index is 1.88. The number of pyridine rings is 1. The van der Waals surface area contributed by atoms with E-state index in [1.165, 1.54) is 0 Å². The van der Waals surface area contributed by atoms with E-state index < -0.39 is 6.04 Å². The molecule has 2 aromatic heterocycles. The van der Waals surface area contributed by atoms with E-state index >= 15 is 0 Å². The van der Waals surface area contributed by atoms with E-state index in [0.717, 1.165) is 33.8 Å². The first kappa shape index (κ1) is 17.5. The molecule has 4 rings (SSSR count). The molecule has 1 unspecified atom stereocenters. The number of imidazole rings is 1. The van der Waals surface area contributed by atoms with Gasteiger partial charge in [-0.15, -0.1) is 0 Å². The largest absolute Gasteiger partial charge is 0.447 e. The van der Waals surface area contributed by atoms with Crippen molar-refractivity contribution in [2.45, 2.75) is 26.5 Å². The molecule has 7 nitrogen and oxygen atoms in total. The molecule has 1 aromatic carbocycles. The van der Waals surface area contributed by atoms with Gasteiger partial charge < -0.3 is 20.0 Å². The van der Waals surface area contributed by atoms with Gasteiger partial charge in [0.05, 0.1) is 36.3 Å².